The highest BCUT2D eigenvalue weighted by atomic mass is 16.3. The van der Waals surface area contributed by atoms with Gasteiger partial charge in [-0.25, -0.2) is 0 Å². The van der Waals surface area contributed by atoms with Crippen molar-refractivity contribution in [2.45, 2.75) is 25.4 Å². The van der Waals surface area contributed by atoms with Crippen molar-refractivity contribution < 1.29 is 5.11 Å². The Kier molecular flexibility index (Phi) is 4.72. The van der Waals surface area contributed by atoms with Crippen molar-refractivity contribution in [2.24, 2.45) is 0 Å². The maximum absolute atomic E-state index is 9.85. The molecule has 0 fully saturated rings. The molecule has 0 aliphatic heterocycles. The third kappa shape index (κ3) is 3.22. The summed E-state index contributed by atoms with van der Waals surface area (Å²) in [6.07, 6.45) is 0.848. The van der Waals surface area contributed by atoms with Crippen molar-refractivity contribution in [3.63, 3.8) is 0 Å². The van der Waals surface area contributed by atoms with Crippen LogP contribution in [0.2, 0.25) is 0 Å². The zero-order valence-electron chi connectivity index (χ0n) is 11.3. The van der Waals surface area contributed by atoms with Gasteiger partial charge >= 0.3 is 0 Å². The summed E-state index contributed by atoms with van der Waals surface area (Å²) in [5.74, 6) is 0. The Morgan fingerprint density at radius 1 is 0.947 bits per heavy atom. The van der Waals surface area contributed by atoms with Crippen LogP contribution < -0.4 is 5.32 Å². The minimum absolute atomic E-state index is 0.0976. The molecule has 2 heteroatoms. The quantitative estimate of drug-likeness (QED) is 0.831. The van der Waals surface area contributed by atoms with Gasteiger partial charge in [0, 0.05) is 6.54 Å². The largest absolute Gasteiger partial charge is 0.394 e. The molecule has 0 amide bonds. The monoisotopic (exact) mass is 255 g/mol. The summed E-state index contributed by atoms with van der Waals surface area (Å²) in [7, 11) is 0. The van der Waals surface area contributed by atoms with Gasteiger partial charge in [0.1, 0.15) is 0 Å². The fraction of sp³-hybridized carbons (Fsp3) is 0.294. The lowest BCUT2D eigenvalue weighted by Gasteiger charge is -2.33. The molecule has 0 radical (unpaired) electrons. The molecule has 0 saturated heterocycles. The van der Waals surface area contributed by atoms with E-state index in [1.165, 1.54) is 5.56 Å². The molecule has 0 heterocycles. The predicted octanol–water partition coefficient (Wildman–Crippen LogP) is 3.07. The Morgan fingerprint density at radius 2 is 1.53 bits per heavy atom. The van der Waals surface area contributed by atoms with E-state index in [9.17, 15) is 5.11 Å². The molecule has 0 unspecified atom stereocenters. The van der Waals surface area contributed by atoms with Gasteiger partial charge in [0.15, 0.2) is 0 Å². The maximum Gasteiger partial charge on any atom is 0.0669 e. The average Bonchev–Trinajstić information content (AvgIpc) is 2.51. The predicted molar refractivity (Wildman–Crippen MR) is 78.8 cm³/mol. The first-order valence-corrected chi connectivity index (χ1v) is 6.76. The molecule has 0 aliphatic carbocycles. The van der Waals surface area contributed by atoms with Crippen LogP contribution in [0.25, 0.3) is 0 Å². The Hall–Kier alpha value is -1.64. The minimum atomic E-state index is -0.364. The summed E-state index contributed by atoms with van der Waals surface area (Å²) in [4.78, 5) is 0. The van der Waals surface area contributed by atoms with E-state index in [2.05, 4.69) is 36.5 Å². The van der Waals surface area contributed by atoms with Gasteiger partial charge in [-0.3, -0.25) is 0 Å². The van der Waals surface area contributed by atoms with Crippen LogP contribution in [-0.4, -0.2) is 11.7 Å². The highest BCUT2D eigenvalue weighted by Crippen LogP contribution is 2.24. The molecule has 0 spiro atoms. The van der Waals surface area contributed by atoms with E-state index in [0.717, 1.165) is 18.5 Å². The molecule has 0 bridgehead atoms. The third-order valence-corrected chi connectivity index (χ3v) is 3.67. The maximum atomic E-state index is 9.85. The topological polar surface area (TPSA) is 32.3 Å². The molecule has 0 aromatic heterocycles. The number of nitrogens with one attached hydrogen (secondary N) is 1. The van der Waals surface area contributed by atoms with Crippen LogP contribution in [0.4, 0.5) is 0 Å². The number of hydrogen-bond acceptors (Lipinski definition) is 2. The van der Waals surface area contributed by atoms with Crippen molar-refractivity contribution in [2.75, 3.05) is 6.61 Å². The van der Waals surface area contributed by atoms with Crippen LogP contribution in [0, 0.1) is 0 Å². The Balaban J connectivity index is 2.16. The minimum Gasteiger partial charge on any atom is -0.394 e. The van der Waals surface area contributed by atoms with Gasteiger partial charge in [0.05, 0.1) is 12.1 Å². The number of aliphatic hydroxyl groups excluding tert-OH is 1. The molecular formula is C17H21NO. The Morgan fingerprint density at radius 3 is 2.05 bits per heavy atom. The molecule has 2 aromatic rings. The van der Waals surface area contributed by atoms with Crippen molar-refractivity contribution in [3.05, 3.63) is 71.8 Å². The van der Waals surface area contributed by atoms with Crippen molar-refractivity contribution in [1.82, 2.24) is 5.32 Å². The van der Waals surface area contributed by atoms with Gasteiger partial charge in [0.2, 0.25) is 0 Å². The van der Waals surface area contributed by atoms with Crippen molar-refractivity contribution in [3.8, 4) is 0 Å². The lowest BCUT2D eigenvalue weighted by molar-refractivity contribution is 0.154. The molecule has 100 valence electrons. The van der Waals surface area contributed by atoms with E-state index in [-0.39, 0.29) is 12.1 Å². The first-order valence-electron chi connectivity index (χ1n) is 6.76. The first kappa shape index (κ1) is 13.8. The number of aliphatic hydroxyl groups is 1. The molecule has 2 rings (SSSR count). The van der Waals surface area contributed by atoms with Crippen LogP contribution in [0.15, 0.2) is 60.7 Å². The van der Waals surface area contributed by atoms with Gasteiger partial charge in [0.25, 0.3) is 0 Å². The normalized spacial score (nSPS) is 14.0. The zero-order valence-corrected chi connectivity index (χ0v) is 11.3. The second-order valence-corrected chi connectivity index (χ2v) is 4.80. The molecule has 19 heavy (non-hydrogen) atoms. The van der Waals surface area contributed by atoms with Crippen LogP contribution in [0.1, 0.15) is 24.5 Å². The third-order valence-electron chi connectivity index (χ3n) is 3.67. The Labute approximate surface area is 115 Å². The molecule has 2 aromatic carbocycles. The first-order chi connectivity index (χ1) is 9.30. The van der Waals surface area contributed by atoms with Gasteiger partial charge in [-0.05, 0) is 17.5 Å². The lowest BCUT2D eigenvalue weighted by Crippen LogP contribution is -2.44. The van der Waals surface area contributed by atoms with Crippen molar-refractivity contribution >= 4 is 0 Å². The molecular weight excluding hydrogens is 234 g/mol. The van der Waals surface area contributed by atoms with E-state index >= 15 is 0 Å². The lowest BCUT2D eigenvalue weighted by atomic mass is 9.87. The van der Waals surface area contributed by atoms with Gasteiger partial charge < -0.3 is 10.4 Å². The van der Waals surface area contributed by atoms with E-state index in [4.69, 9.17) is 0 Å². The molecule has 0 saturated carbocycles. The number of hydrogen-bond donors (Lipinski definition) is 2. The molecule has 0 aliphatic rings. The number of rotatable bonds is 6. The summed E-state index contributed by atoms with van der Waals surface area (Å²) < 4.78 is 0. The average molecular weight is 255 g/mol. The van der Waals surface area contributed by atoms with E-state index in [1.807, 2.05) is 36.4 Å². The standard InChI is InChI=1S/C17H21NO/c1-2-17(14-19,16-11-7-4-8-12-16)18-13-15-9-5-3-6-10-15/h3-12,18-19H,2,13-14H2,1H3/t17-/m0/s1. The van der Waals surface area contributed by atoms with Gasteiger partial charge in [-0.1, -0.05) is 67.6 Å². The van der Waals surface area contributed by atoms with Crippen LogP contribution >= 0.6 is 0 Å². The second-order valence-electron chi connectivity index (χ2n) is 4.80. The summed E-state index contributed by atoms with van der Waals surface area (Å²) in [6, 6.07) is 20.4. The fourth-order valence-corrected chi connectivity index (χ4v) is 2.31. The van der Waals surface area contributed by atoms with E-state index in [1.54, 1.807) is 0 Å². The van der Waals surface area contributed by atoms with Crippen LogP contribution in [0.3, 0.4) is 0 Å². The van der Waals surface area contributed by atoms with Gasteiger partial charge in [-0.15, -0.1) is 0 Å². The Bertz CT molecular complexity index is 477. The summed E-state index contributed by atoms with van der Waals surface area (Å²) in [5, 5.41) is 13.4. The summed E-state index contributed by atoms with van der Waals surface area (Å²) in [6.45, 7) is 2.95. The molecule has 2 N–H and O–H groups in total. The fourth-order valence-electron chi connectivity index (χ4n) is 2.31. The SMILES string of the molecule is CC[C@@](CO)(NCc1ccccc1)c1ccccc1. The van der Waals surface area contributed by atoms with E-state index < -0.39 is 0 Å². The second kappa shape index (κ2) is 6.50. The van der Waals surface area contributed by atoms with Crippen molar-refractivity contribution in [1.29, 1.82) is 0 Å². The van der Waals surface area contributed by atoms with Gasteiger partial charge in [-0.2, -0.15) is 0 Å². The zero-order chi connectivity index (χ0) is 13.6. The van der Waals surface area contributed by atoms with Crippen LogP contribution in [-0.2, 0) is 12.1 Å². The highest BCUT2D eigenvalue weighted by molar-refractivity contribution is 5.25. The van der Waals surface area contributed by atoms with Crippen LogP contribution in [0.5, 0.6) is 0 Å². The summed E-state index contributed by atoms with van der Waals surface area (Å²) >= 11 is 0. The number of benzene rings is 2. The highest BCUT2D eigenvalue weighted by Gasteiger charge is 2.28. The van der Waals surface area contributed by atoms with E-state index in [0.29, 0.717) is 0 Å². The molecule has 2 nitrogen and oxygen atoms in total. The molecule has 1 atom stereocenters. The smallest absolute Gasteiger partial charge is 0.0669 e. The summed E-state index contributed by atoms with van der Waals surface area (Å²) in [5.41, 5.74) is 2.00.